The van der Waals surface area contributed by atoms with Gasteiger partial charge in [0.2, 0.25) is 0 Å². The maximum absolute atomic E-state index is 5.48. The number of hydrogen-bond acceptors (Lipinski definition) is 3. The van der Waals surface area contributed by atoms with Gasteiger partial charge in [-0.1, -0.05) is 61.4 Å². The molecule has 3 nitrogen and oxygen atoms in total. The standard InChI is InChI=1S/C22H30N2O/c1-25-22-14-8-5-11-19(22)17-24-21(18-9-3-2-4-10-18)15-16-23-20-12-6-7-13-20/h2-5,8-11,14,20-21,23-24H,6-7,12-13,15-17H2,1H3. The zero-order valence-corrected chi connectivity index (χ0v) is 15.2. The summed E-state index contributed by atoms with van der Waals surface area (Å²) in [6.07, 6.45) is 6.53. The number of hydrogen-bond donors (Lipinski definition) is 2. The van der Waals surface area contributed by atoms with Gasteiger partial charge in [0.1, 0.15) is 5.75 Å². The summed E-state index contributed by atoms with van der Waals surface area (Å²) in [5, 5.41) is 7.47. The molecule has 1 unspecified atom stereocenters. The SMILES string of the molecule is COc1ccccc1CNC(CCNC1CCCC1)c1ccccc1. The van der Waals surface area contributed by atoms with E-state index in [9.17, 15) is 0 Å². The van der Waals surface area contributed by atoms with Gasteiger partial charge in [0.05, 0.1) is 7.11 Å². The molecule has 2 N–H and O–H groups in total. The zero-order chi connectivity index (χ0) is 17.3. The van der Waals surface area contributed by atoms with Crippen LogP contribution in [0.15, 0.2) is 54.6 Å². The lowest BCUT2D eigenvalue weighted by atomic mass is 10.0. The fraction of sp³-hybridized carbons (Fsp3) is 0.455. The lowest BCUT2D eigenvalue weighted by Gasteiger charge is -2.21. The second-order valence-electron chi connectivity index (χ2n) is 6.88. The molecule has 1 aliphatic carbocycles. The fourth-order valence-corrected chi connectivity index (χ4v) is 3.72. The van der Waals surface area contributed by atoms with E-state index in [0.717, 1.165) is 31.3 Å². The van der Waals surface area contributed by atoms with Crippen molar-refractivity contribution in [1.29, 1.82) is 0 Å². The van der Waals surface area contributed by atoms with Crippen LogP contribution in [-0.2, 0) is 6.54 Å². The van der Waals surface area contributed by atoms with E-state index < -0.39 is 0 Å². The van der Waals surface area contributed by atoms with E-state index in [2.05, 4.69) is 53.1 Å². The van der Waals surface area contributed by atoms with Gasteiger partial charge in [0.15, 0.2) is 0 Å². The van der Waals surface area contributed by atoms with Gasteiger partial charge in [-0.05, 0) is 37.4 Å². The molecule has 0 aliphatic heterocycles. The van der Waals surface area contributed by atoms with Crippen molar-refractivity contribution in [2.75, 3.05) is 13.7 Å². The topological polar surface area (TPSA) is 33.3 Å². The predicted molar refractivity (Wildman–Crippen MR) is 104 cm³/mol. The summed E-state index contributed by atoms with van der Waals surface area (Å²) in [6, 6.07) is 20.1. The molecular weight excluding hydrogens is 308 g/mol. The summed E-state index contributed by atoms with van der Waals surface area (Å²) in [6.45, 7) is 1.87. The minimum absolute atomic E-state index is 0.347. The Morgan fingerprint density at radius 2 is 1.72 bits per heavy atom. The quantitative estimate of drug-likeness (QED) is 0.709. The number of methoxy groups -OCH3 is 1. The normalized spacial score (nSPS) is 16.0. The Morgan fingerprint density at radius 1 is 1.00 bits per heavy atom. The first kappa shape index (κ1) is 18.0. The van der Waals surface area contributed by atoms with E-state index in [-0.39, 0.29) is 0 Å². The molecule has 0 spiro atoms. The predicted octanol–water partition coefficient (Wildman–Crippen LogP) is 4.45. The monoisotopic (exact) mass is 338 g/mol. The van der Waals surface area contributed by atoms with E-state index in [1.807, 2.05) is 12.1 Å². The first-order valence-electron chi connectivity index (χ1n) is 9.50. The van der Waals surface area contributed by atoms with Crippen LogP contribution < -0.4 is 15.4 Å². The molecule has 1 atom stereocenters. The third-order valence-corrected chi connectivity index (χ3v) is 5.15. The van der Waals surface area contributed by atoms with Crippen LogP contribution in [0.25, 0.3) is 0 Å². The third-order valence-electron chi connectivity index (χ3n) is 5.15. The molecule has 0 heterocycles. The molecule has 1 saturated carbocycles. The van der Waals surface area contributed by atoms with E-state index in [1.165, 1.54) is 36.8 Å². The van der Waals surface area contributed by atoms with Crippen LogP contribution in [0.4, 0.5) is 0 Å². The summed E-state index contributed by atoms with van der Waals surface area (Å²) in [4.78, 5) is 0. The molecular formula is C22H30N2O. The van der Waals surface area contributed by atoms with Gasteiger partial charge in [-0.25, -0.2) is 0 Å². The Balaban J connectivity index is 1.59. The van der Waals surface area contributed by atoms with E-state index in [4.69, 9.17) is 4.74 Å². The first-order chi connectivity index (χ1) is 12.4. The molecule has 25 heavy (non-hydrogen) atoms. The smallest absolute Gasteiger partial charge is 0.123 e. The van der Waals surface area contributed by atoms with Crippen molar-refractivity contribution >= 4 is 0 Å². The molecule has 3 heteroatoms. The highest BCUT2D eigenvalue weighted by Gasteiger charge is 2.16. The summed E-state index contributed by atoms with van der Waals surface area (Å²) in [5.41, 5.74) is 2.56. The molecule has 134 valence electrons. The van der Waals surface area contributed by atoms with Gasteiger partial charge >= 0.3 is 0 Å². The summed E-state index contributed by atoms with van der Waals surface area (Å²) >= 11 is 0. The molecule has 2 aromatic carbocycles. The van der Waals surface area contributed by atoms with Gasteiger partial charge in [0, 0.05) is 24.2 Å². The third kappa shape index (κ3) is 5.32. The van der Waals surface area contributed by atoms with Crippen molar-refractivity contribution in [1.82, 2.24) is 10.6 Å². The molecule has 1 aliphatic rings. The summed E-state index contributed by atoms with van der Waals surface area (Å²) in [7, 11) is 1.74. The van der Waals surface area contributed by atoms with Gasteiger partial charge in [-0.15, -0.1) is 0 Å². The second kappa shape index (κ2) is 9.59. The number of ether oxygens (including phenoxy) is 1. The van der Waals surface area contributed by atoms with Crippen LogP contribution in [0.1, 0.15) is 49.3 Å². The van der Waals surface area contributed by atoms with E-state index in [0.29, 0.717) is 6.04 Å². The molecule has 0 aromatic heterocycles. The lowest BCUT2D eigenvalue weighted by Crippen LogP contribution is -2.31. The van der Waals surface area contributed by atoms with Crippen LogP contribution in [-0.4, -0.2) is 19.7 Å². The highest BCUT2D eigenvalue weighted by atomic mass is 16.5. The van der Waals surface area contributed by atoms with Crippen molar-refractivity contribution in [3.63, 3.8) is 0 Å². The van der Waals surface area contributed by atoms with Crippen LogP contribution in [0.3, 0.4) is 0 Å². The molecule has 2 aromatic rings. The van der Waals surface area contributed by atoms with E-state index >= 15 is 0 Å². The molecule has 0 bridgehead atoms. The minimum atomic E-state index is 0.347. The first-order valence-corrected chi connectivity index (χ1v) is 9.50. The summed E-state index contributed by atoms with van der Waals surface area (Å²) in [5.74, 6) is 0.950. The van der Waals surface area contributed by atoms with Crippen LogP contribution in [0, 0.1) is 0 Å². The van der Waals surface area contributed by atoms with Gasteiger partial charge in [0.25, 0.3) is 0 Å². The number of nitrogens with one attached hydrogen (secondary N) is 2. The largest absolute Gasteiger partial charge is 0.496 e. The van der Waals surface area contributed by atoms with Crippen LogP contribution in [0.5, 0.6) is 5.75 Å². The van der Waals surface area contributed by atoms with E-state index in [1.54, 1.807) is 7.11 Å². The van der Waals surface area contributed by atoms with Crippen molar-refractivity contribution in [3.05, 3.63) is 65.7 Å². The highest BCUT2D eigenvalue weighted by Crippen LogP contribution is 2.22. The molecule has 1 fully saturated rings. The molecule has 0 amide bonds. The minimum Gasteiger partial charge on any atom is -0.496 e. The van der Waals surface area contributed by atoms with Crippen molar-refractivity contribution in [2.45, 2.75) is 50.7 Å². The Hall–Kier alpha value is -1.84. The van der Waals surface area contributed by atoms with Crippen LogP contribution in [0.2, 0.25) is 0 Å². The van der Waals surface area contributed by atoms with Gasteiger partial charge in [-0.3, -0.25) is 0 Å². The molecule has 0 saturated heterocycles. The highest BCUT2D eigenvalue weighted by molar-refractivity contribution is 5.33. The van der Waals surface area contributed by atoms with Gasteiger partial charge < -0.3 is 15.4 Å². The number of para-hydroxylation sites is 1. The van der Waals surface area contributed by atoms with Crippen molar-refractivity contribution < 1.29 is 4.74 Å². The Labute approximate surface area is 151 Å². The average molecular weight is 338 g/mol. The fourth-order valence-electron chi connectivity index (χ4n) is 3.72. The second-order valence-corrected chi connectivity index (χ2v) is 6.88. The lowest BCUT2D eigenvalue weighted by molar-refractivity contribution is 0.401. The van der Waals surface area contributed by atoms with Gasteiger partial charge in [-0.2, -0.15) is 0 Å². The Bertz CT molecular complexity index is 623. The maximum Gasteiger partial charge on any atom is 0.123 e. The summed E-state index contributed by atoms with van der Waals surface area (Å²) < 4.78 is 5.48. The average Bonchev–Trinajstić information content (AvgIpc) is 3.19. The molecule has 3 rings (SSSR count). The number of rotatable bonds is 9. The van der Waals surface area contributed by atoms with Crippen molar-refractivity contribution in [2.24, 2.45) is 0 Å². The van der Waals surface area contributed by atoms with Crippen molar-refractivity contribution in [3.8, 4) is 5.75 Å². The maximum atomic E-state index is 5.48. The Kier molecular flexibility index (Phi) is 6.89. The Morgan fingerprint density at radius 3 is 2.48 bits per heavy atom. The number of benzene rings is 2. The zero-order valence-electron chi connectivity index (χ0n) is 15.2. The van der Waals surface area contributed by atoms with Crippen LogP contribution >= 0.6 is 0 Å². The molecule has 0 radical (unpaired) electrons.